The van der Waals surface area contributed by atoms with Crippen LogP contribution < -0.4 is 19.5 Å². The van der Waals surface area contributed by atoms with E-state index in [1.165, 1.54) is 12.1 Å². The normalized spacial score (nSPS) is 15.4. The highest BCUT2D eigenvalue weighted by atomic mass is 19.1. The van der Waals surface area contributed by atoms with E-state index in [4.69, 9.17) is 14.2 Å². The third kappa shape index (κ3) is 4.63. The summed E-state index contributed by atoms with van der Waals surface area (Å²) >= 11 is 0. The number of nitrogens with one attached hydrogen (secondary N) is 1. The Morgan fingerprint density at radius 3 is 2.19 bits per heavy atom. The van der Waals surface area contributed by atoms with Crippen molar-refractivity contribution in [1.82, 2.24) is 4.90 Å². The largest absolute Gasteiger partial charge is 0.493 e. The Balaban J connectivity index is 1.60. The Bertz CT molecular complexity index is 744. The molecule has 27 heavy (non-hydrogen) atoms. The molecule has 1 aliphatic heterocycles. The molecule has 1 heterocycles. The summed E-state index contributed by atoms with van der Waals surface area (Å²) in [6, 6.07) is 10.9. The number of ether oxygens (including phenoxy) is 3. The van der Waals surface area contributed by atoms with Crippen LogP contribution in [0.4, 0.5) is 10.1 Å². The van der Waals surface area contributed by atoms with Crippen molar-refractivity contribution in [3.8, 4) is 17.2 Å². The maximum absolute atomic E-state index is 13.0. The second-order valence-corrected chi connectivity index (χ2v) is 6.70. The zero-order chi connectivity index (χ0) is 19.2. The van der Waals surface area contributed by atoms with Gasteiger partial charge in [0.1, 0.15) is 5.82 Å². The Kier molecular flexibility index (Phi) is 6.40. The van der Waals surface area contributed by atoms with E-state index in [0.29, 0.717) is 17.5 Å². The van der Waals surface area contributed by atoms with E-state index in [1.807, 2.05) is 12.1 Å². The first-order chi connectivity index (χ1) is 13.1. The van der Waals surface area contributed by atoms with E-state index < -0.39 is 0 Å². The van der Waals surface area contributed by atoms with Gasteiger partial charge in [0.15, 0.2) is 11.5 Å². The summed E-state index contributed by atoms with van der Waals surface area (Å²) in [6.45, 7) is 2.76. The first kappa shape index (κ1) is 19.3. The summed E-state index contributed by atoms with van der Waals surface area (Å²) in [6.07, 6.45) is 2.07. The van der Waals surface area contributed by atoms with Crippen LogP contribution >= 0.6 is 0 Å². The Morgan fingerprint density at radius 2 is 1.59 bits per heavy atom. The molecule has 1 saturated heterocycles. The van der Waals surface area contributed by atoms with Gasteiger partial charge < -0.3 is 19.5 Å². The van der Waals surface area contributed by atoms with Gasteiger partial charge in [0.25, 0.3) is 0 Å². The van der Waals surface area contributed by atoms with Gasteiger partial charge >= 0.3 is 0 Å². The molecule has 2 aromatic carbocycles. The van der Waals surface area contributed by atoms with Crippen molar-refractivity contribution in [1.29, 1.82) is 0 Å². The molecule has 5 nitrogen and oxygen atoms in total. The smallest absolute Gasteiger partial charge is 0.203 e. The zero-order valence-corrected chi connectivity index (χ0v) is 16.1. The van der Waals surface area contributed by atoms with E-state index in [2.05, 4.69) is 10.2 Å². The number of hydrogen-bond acceptors (Lipinski definition) is 5. The van der Waals surface area contributed by atoms with Crippen molar-refractivity contribution < 1.29 is 18.6 Å². The molecule has 0 aliphatic carbocycles. The van der Waals surface area contributed by atoms with Crippen LogP contribution in [0.25, 0.3) is 0 Å². The van der Waals surface area contributed by atoms with Gasteiger partial charge in [-0.3, -0.25) is 4.90 Å². The van der Waals surface area contributed by atoms with Crippen LogP contribution in [0.3, 0.4) is 0 Å². The lowest BCUT2D eigenvalue weighted by atomic mass is 10.0. The number of rotatable bonds is 7. The van der Waals surface area contributed by atoms with Crippen molar-refractivity contribution in [2.24, 2.45) is 0 Å². The number of halogens is 1. The lowest BCUT2D eigenvalue weighted by Gasteiger charge is -2.33. The predicted molar refractivity (Wildman–Crippen MR) is 104 cm³/mol. The van der Waals surface area contributed by atoms with Crippen molar-refractivity contribution in [2.45, 2.75) is 25.4 Å². The lowest BCUT2D eigenvalue weighted by molar-refractivity contribution is 0.208. The van der Waals surface area contributed by atoms with Crippen molar-refractivity contribution >= 4 is 5.69 Å². The molecular formula is C21H27FN2O3. The molecule has 1 N–H and O–H groups in total. The topological polar surface area (TPSA) is 43.0 Å². The first-order valence-corrected chi connectivity index (χ1v) is 9.17. The molecule has 0 radical (unpaired) electrons. The van der Waals surface area contributed by atoms with Gasteiger partial charge in [0.2, 0.25) is 5.75 Å². The van der Waals surface area contributed by atoms with Crippen LogP contribution in [0, 0.1) is 5.82 Å². The van der Waals surface area contributed by atoms with Gasteiger partial charge in [-0.2, -0.15) is 0 Å². The number of benzene rings is 2. The SMILES string of the molecule is COc1ccc(CN2CCC(Nc3ccc(F)cc3)CC2)c(OC)c1OC. The van der Waals surface area contributed by atoms with Gasteiger partial charge in [-0.25, -0.2) is 4.39 Å². The summed E-state index contributed by atoms with van der Waals surface area (Å²) in [5.41, 5.74) is 2.05. The number of hydrogen-bond donors (Lipinski definition) is 1. The molecule has 1 aliphatic rings. The molecule has 3 rings (SSSR count). The molecule has 146 valence electrons. The van der Waals surface area contributed by atoms with Gasteiger partial charge in [-0.15, -0.1) is 0 Å². The summed E-state index contributed by atoms with van der Waals surface area (Å²) in [5.74, 6) is 1.81. The average molecular weight is 374 g/mol. The standard InChI is InChI=1S/C21H27FN2O3/c1-25-19-9-4-15(20(26-2)21(19)27-3)14-24-12-10-18(11-13-24)23-17-7-5-16(22)6-8-17/h4-9,18,23H,10-14H2,1-3H3. The number of piperidine rings is 1. The van der Waals surface area contributed by atoms with Crippen LogP contribution in [0.2, 0.25) is 0 Å². The van der Waals surface area contributed by atoms with E-state index in [9.17, 15) is 4.39 Å². The molecule has 0 unspecified atom stereocenters. The third-order valence-electron chi connectivity index (χ3n) is 4.98. The molecule has 2 aromatic rings. The second-order valence-electron chi connectivity index (χ2n) is 6.70. The Hall–Kier alpha value is -2.47. The highest BCUT2D eigenvalue weighted by Crippen LogP contribution is 2.40. The molecule has 0 aromatic heterocycles. The molecular weight excluding hydrogens is 347 g/mol. The lowest BCUT2D eigenvalue weighted by Crippen LogP contribution is -2.38. The second kappa shape index (κ2) is 8.95. The highest BCUT2D eigenvalue weighted by molar-refractivity contribution is 5.55. The molecule has 0 atom stereocenters. The number of anilines is 1. The van der Waals surface area contributed by atoms with Crippen molar-refractivity contribution in [3.63, 3.8) is 0 Å². The Labute approximate surface area is 160 Å². The number of nitrogens with zero attached hydrogens (tertiary/aromatic N) is 1. The molecule has 1 fully saturated rings. The predicted octanol–water partition coefficient (Wildman–Crippen LogP) is 3.93. The molecule has 0 spiro atoms. The fourth-order valence-electron chi connectivity index (χ4n) is 3.55. The van der Waals surface area contributed by atoms with Crippen molar-refractivity contribution in [2.75, 3.05) is 39.7 Å². The molecule has 0 bridgehead atoms. The van der Waals surface area contributed by atoms with Gasteiger partial charge in [-0.1, -0.05) is 6.07 Å². The van der Waals surface area contributed by atoms with Gasteiger partial charge in [-0.05, 0) is 43.2 Å². The molecule has 0 amide bonds. The van der Waals surface area contributed by atoms with Crippen LogP contribution in [0.5, 0.6) is 17.2 Å². The summed E-state index contributed by atoms with van der Waals surface area (Å²) in [7, 11) is 4.90. The summed E-state index contributed by atoms with van der Waals surface area (Å²) < 4.78 is 29.4. The molecule has 6 heteroatoms. The monoisotopic (exact) mass is 374 g/mol. The van der Waals surface area contributed by atoms with Crippen LogP contribution in [-0.2, 0) is 6.54 Å². The fraction of sp³-hybridized carbons (Fsp3) is 0.429. The van der Waals surface area contributed by atoms with Crippen LogP contribution in [0.15, 0.2) is 36.4 Å². The maximum atomic E-state index is 13.0. The van der Waals surface area contributed by atoms with E-state index in [1.54, 1.807) is 33.5 Å². The van der Waals surface area contributed by atoms with E-state index >= 15 is 0 Å². The molecule has 0 saturated carbocycles. The maximum Gasteiger partial charge on any atom is 0.203 e. The number of methoxy groups -OCH3 is 3. The summed E-state index contributed by atoms with van der Waals surface area (Å²) in [4.78, 5) is 2.41. The van der Waals surface area contributed by atoms with Gasteiger partial charge in [0, 0.05) is 36.9 Å². The fourth-order valence-corrected chi connectivity index (χ4v) is 3.55. The quantitative estimate of drug-likeness (QED) is 0.796. The third-order valence-corrected chi connectivity index (χ3v) is 4.98. The first-order valence-electron chi connectivity index (χ1n) is 9.17. The summed E-state index contributed by atoms with van der Waals surface area (Å²) in [5, 5.41) is 3.49. The minimum Gasteiger partial charge on any atom is -0.493 e. The minimum absolute atomic E-state index is 0.209. The minimum atomic E-state index is -0.209. The number of likely N-dealkylation sites (tertiary alicyclic amines) is 1. The zero-order valence-electron chi connectivity index (χ0n) is 16.1. The van der Waals surface area contributed by atoms with Crippen molar-refractivity contribution in [3.05, 3.63) is 47.8 Å². The van der Waals surface area contributed by atoms with E-state index in [-0.39, 0.29) is 5.82 Å². The van der Waals surface area contributed by atoms with Crippen LogP contribution in [-0.4, -0.2) is 45.4 Å². The Morgan fingerprint density at radius 1 is 0.926 bits per heavy atom. The van der Waals surface area contributed by atoms with E-state index in [0.717, 1.165) is 49.5 Å². The average Bonchev–Trinajstić information content (AvgIpc) is 2.70. The van der Waals surface area contributed by atoms with Crippen LogP contribution in [0.1, 0.15) is 18.4 Å². The highest BCUT2D eigenvalue weighted by Gasteiger charge is 2.22. The van der Waals surface area contributed by atoms with Gasteiger partial charge in [0.05, 0.1) is 21.3 Å².